The topological polar surface area (TPSA) is 23.9 Å². The lowest BCUT2D eigenvalue weighted by Gasteiger charge is -2.16. The molecule has 7 rings (SSSR count). The first-order valence-corrected chi connectivity index (χ1v) is 14.2. The Balaban J connectivity index is 1.43. The molecule has 0 radical (unpaired) electrons. The van der Waals surface area contributed by atoms with Crippen LogP contribution in [-0.2, 0) is 0 Å². The van der Waals surface area contributed by atoms with E-state index >= 15 is 0 Å². The van der Waals surface area contributed by atoms with E-state index in [0.29, 0.717) is 0 Å². The van der Waals surface area contributed by atoms with Crippen LogP contribution in [0.2, 0.25) is 0 Å². The molecule has 0 amide bonds. The highest BCUT2D eigenvalue weighted by Crippen LogP contribution is 2.34. The highest BCUT2D eigenvalue weighted by Gasteiger charge is 2.15. The third-order valence-corrected chi connectivity index (χ3v) is 8.13. The zero-order valence-corrected chi connectivity index (χ0v) is 23.2. The molecule has 0 aliphatic carbocycles. The number of fused-ring (bicyclic) bond motifs is 2. The van der Waals surface area contributed by atoms with Crippen molar-refractivity contribution in [2.45, 2.75) is 0 Å². The van der Waals surface area contributed by atoms with E-state index < -0.39 is 0 Å². The van der Waals surface area contributed by atoms with Crippen molar-refractivity contribution in [3.05, 3.63) is 156 Å². The average molecular weight is 536 g/mol. The SMILES string of the molecule is C=c1c(-c2cccc(-c3ccc4ccccc4c3)c2)c2ccccc2c(-c2ccc(-c3ccccc3)cc2)/c1=C/C=N. The van der Waals surface area contributed by atoms with Crippen LogP contribution < -0.4 is 10.4 Å². The Morgan fingerprint density at radius 3 is 1.74 bits per heavy atom. The summed E-state index contributed by atoms with van der Waals surface area (Å²) in [6, 6.07) is 51.6. The van der Waals surface area contributed by atoms with Crippen molar-refractivity contribution < 1.29 is 0 Å². The van der Waals surface area contributed by atoms with Gasteiger partial charge in [0.15, 0.2) is 0 Å². The van der Waals surface area contributed by atoms with E-state index in [1.165, 1.54) is 39.2 Å². The fourth-order valence-electron chi connectivity index (χ4n) is 6.10. The molecule has 0 saturated carbocycles. The Morgan fingerprint density at radius 1 is 0.429 bits per heavy atom. The molecule has 42 heavy (non-hydrogen) atoms. The molecule has 1 heteroatoms. The molecule has 7 aromatic carbocycles. The van der Waals surface area contributed by atoms with Crippen molar-refractivity contribution in [1.82, 2.24) is 0 Å². The lowest BCUT2D eigenvalue weighted by Crippen LogP contribution is -2.28. The first-order valence-electron chi connectivity index (χ1n) is 14.2. The minimum Gasteiger partial charge on any atom is -0.309 e. The Morgan fingerprint density at radius 2 is 0.976 bits per heavy atom. The van der Waals surface area contributed by atoms with Gasteiger partial charge < -0.3 is 5.41 Å². The predicted molar refractivity (Wildman–Crippen MR) is 181 cm³/mol. The van der Waals surface area contributed by atoms with Gasteiger partial charge in [-0.1, -0.05) is 140 Å². The molecule has 1 N–H and O–H groups in total. The van der Waals surface area contributed by atoms with Crippen molar-refractivity contribution in [3.63, 3.8) is 0 Å². The molecule has 0 atom stereocenters. The van der Waals surface area contributed by atoms with E-state index in [4.69, 9.17) is 5.41 Å². The van der Waals surface area contributed by atoms with Crippen LogP contribution in [0.4, 0.5) is 0 Å². The van der Waals surface area contributed by atoms with Crippen LogP contribution in [0.25, 0.3) is 78.7 Å². The minimum absolute atomic E-state index is 0.926. The monoisotopic (exact) mass is 535 g/mol. The van der Waals surface area contributed by atoms with Gasteiger partial charge in [-0.2, -0.15) is 0 Å². The molecular formula is C41H29N. The summed E-state index contributed by atoms with van der Waals surface area (Å²) < 4.78 is 0. The van der Waals surface area contributed by atoms with Gasteiger partial charge in [0.2, 0.25) is 0 Å². The average Bonchev–Trinajstić information content (AvgIpc) is 3.05. The molecule has 0 heterocycles. The van der Waals surface area contributed by atoms with Crippen LogP contribution in [0, 0.1) is 5.41 Å². The predicted octanol–water partition coefficient (Wildman–Crippen LogP) is 9.50. The minimum atomic E-state index is 0.926. The maximum Gasteiger partial charge on any atom is 0.0184 e. The van der Waals surface area contributed by atoms with Gasteiger partial charge in [0.1, 0.15) is 0 Å². The Hall–Kier alpha value is -5.53. The molecule has 0 bridgehead atoms. The van der Waals surface area contributed by atoms with Gasteiger partial charge in [0.05, 0.1) is 0 Å². The van der Waals surface area contributed by atoms with Crippen molar-refractivity contribution in [1.29, 1.82) is 5.41 Å². The zero-order chi connectivity index (χ0) is 28.5. The summed E-state index contributed by atoms with van der Waals surface area (Å²) in [6.07, 6.45) is 3.25. The second-order valence-corrected chi connectivity index (χ2v) is 10.6. The molecule has 0 spiro atoms. The van der Waals surface area contributed by atoms with E-state index in [1.807, 2.05) is 12.1 Å². The van der Waals surface area contributed by atoms with Gasteiger partial charge in [-0.15, -0.1) is 0 Å². The molecule has 0 saturated heterocycles. The van der Waals surface area contributed by atoms with Gasteiger partial charge in [0, 0.05) is 6.21 Å². The molecule has 0 aromatic heterocycles. The fourth-order valence-corrected chi connectivity index (χ4v) is 6.10. The lowest BCUT2D eigenvalue weighted by molar-refractivity contribution is 1.52. The standard InChI is InChI=1S/C41H29N/c1-28-37(24-25-42)41(32-21-18-31(19-22-32)29-10-3-2-4-11-29)39-17-8-7-16-38(39)40(28)36-15-9-14-34(27-36)35-23-20-30-12-5-6-13-33(30)26-35/h2-27,42H,1H2/b37-24+,42-25?. The van der Waals surface area contributed by atoms with Crippen LogP contribution in [0.15, 0.2) is 146 Å². The smallest absolute Gasteiger partial charge is 0.0184 e. The van der Waals surface area contributed by atoms with Crippen molar-refractivity contribution in [3.8, 4) is 44.5 Å². The molecule has 0 aliphatic rings. The summed E-state index contributed by atoms with van der Waals surface area (Å²) in [5, 5.41) is 14.7. The van der Waals surface area contributed by atoms with E-state index in [0.717, 1.165) is 43.5 Å². The second kappa shape index (κ2) is 10.8. The van der Waals surface area contributed by atoms with E-state index in [-0.39, 0.29) is 0 Å². The van der Waals surface area contributed by atoms with Gasteiger partial charge in [-0.25, -0.2) is 0 Å². The molecule has 0 unspecified atom stereocenters. The third kappa shape index (κ3) is 4.52. The Labute approximate surface area is 245 Å². The fraction of sp³-hybridized carbons (Fsp3) is 0. The quantitative estimate of drug-likeness (QED) is 0.212. The van der Waals surface area contributed by atoms with E-state index in [9.17, 15) is 0 Å². The number of benzene rings is 7. The molecular weight excluding hydrogens is 506 g/mol. The van der Waals surface area contributed by atoms with Gasteiger partial charge in [-0.3, -0.25) is 0 Å². The summed E-state index contributed by atoms with van der Waals surface area (Å²) >= 11 is 0. The molecule has 0 fully saturated rings. The highest BCUT2D eigenvalue weighted by molar-refractivity contribution is 6.07. The molecule has 1 nitrogen and oxygen atoms in total. The maximum atomic E-state index is 8.03. The van der Waals surface area contributed by atoms with Crippen LogP contribution >= 0.6 is 0 Å². The van der Waals surface area contributed by atoms with Gasteiger partial charge >= 0.3 is 0 Å². The van der Waals surface area contributed by atoms with E-state index in [1.54, 1.807) is 0 Å². The first-order chi connectivity index (χ1) is 20.7. The number of rotatable bonds is 5. The summed E-state index contributed by atoms with van der Waals surface area (Å²) in [7, 11) is 0. The summed E-state index contributed by atoms with van der Waals surface area (Å²) in [4.78, 5) is 0. The number of hydrogen-bond donors (Lipinski definition) is 1. The van der Waals surface area contributed by atoms with Crippen molar-refractivity contribution in [2.75, 3.05) is 0 Å². The van der Waals surface area contributed by atoms with Crippen molar-refractivity contribution >= 4 is 40.4 Å². The summed E-state index contributed by atoms with van der Waals surface area (Å²) in [5.74, 6) is 0. The van der Waals surface area contributed by atoms with Crippen molar-refractivity contribution in [2.24, 2.45) is 0 Å². The van der Waals surface area contributed by atoms with Gasteiger partial charge in [-0.05, 0) is 94.7 Å². The maximum absolute atomic E-state index is 8.03. The molecule has 0 aliphatic heterocycles. The molecule has 7 aromatic rings. The normalized spacial score (nSPS) is 11.7. The van der Waals surface area contributed by atoms with Crippen LogP contribution in [-0.4, -0.2) is 6.21 Å². The summed E-state index contributed by atoms with van der Waals surface area (Å²) in [6.45, 7) is 4.63. The van der Waals surface area contributed by atoms with E-state index in [2.05, 4.69) is 146 Å². The number of nitrogens with one attached hydrogen (secondary N) is 1. The third-order valence-electron chi connectivity index (χ3n) is 8.13. The van der Waals surface area contributed by atoms with Crippen LogP contribution in [0.1, 0.15) is 0 Å². The Kier molecular flexibility index (Phi) is 6.54. The number of hydrogen-bond acceptors (Lipinski definition) is 1. The zero-order valence-electron chi connectivity index (χ0n) is 23.2. The first kappa shape index (κ1) is 25.4. The highest BCUT2D eigenvalue weighted by atomic mass is 14.3. The lowest BCUT2D eigenvalue weighted by atomic mass is 9.87. The van der Waals surface area contributed by atoms with Crippen LogP contribution in [0.5, 0.6) is 0 Å². The molecule has 198 valence electrons. The Bertz CT molecular complexity index is 2210. The van der Waals surface area contributed by atoms with Crippen LogP contribution in [0.3, 0.4) is 0 Å². The largest absolute Gasteiger partial charge is 0.309 e. The summed E-state index contributed by atoms with van der Waals surface area (Å²) in [5.41, 5.74) is 9.16. The van der Waals surface area contributed by atoms with Gasteiger partial charge in [0.25, 0.3) is 0 Å². The second-order valence-electron chi connectivity index (χ2n) is 10.6.